The maximum atomic E-state index is 11.9. The Bertz CT molecular complexity index is 426. The summed E-state index contributed by atoms with van der Waals surface area (Å²) in [7, 11) is 0. The number of hydrogen-bond acceptors (Lipinski definition) is 2. The molecule has 1 aromatic rings. The van der Waals surface area contributed by atoms with Crippen molar-refractivity contribution in [3.05, 3.63) is 34.3 Å². The largest absolute Gasteiger partial charge is 0.271 e. The summed E-state index contributed by atoms with van der Waals surface area (Å²) in [5.41, 5.74) is 4.22. The lowest BCUT2D eigenvalue weighted by atomic mass is 9.98. The summed E-state index contributed by atoms with van der Waals surface area (Å²) in [6, 6.07) is 7.20. The first-order valence-electron chi connectivity index (χ1n) is 6.05. The van der Waals surface area contributed by atoms with Crippen molar-refractivity contribution in [1.29, 1.82) is 0 Å². The molecule has 1 N–H and O–H groups in total. The van der Waals surface area contributed by atoms with Crippen molar-refractivity contribution in [2.75, 3.05) is 0 Å². The summed E-state index contributed by atoms with van der Waals surface area (Å²) in [4.78, 5) is 11.9. The number of nitrogens with one attached hydrogen (secondary N) is 1. The molecular formula is C14H19BrN2O. The zero-order valence-corrected chi connectivity index (χ0v) is 12.8. The standard InChI is InChI=1S/C14H19BrN2O/c1-9(2)13(10(3)4)16-17-14(18)11-5-7-12(15)8-6-11/h5-10H,1-4H3,(H,17,18). The number of amides is 1. The van der Waals surface area contributed by atoms with Crippen LogP contribution in [-0.4, -0.2) is 11.6 Å². The van der Waals surface area contributed by atoms with E-state index in [2.05, 4.69) is 54.2 Å². The molecule has 3 nitrogen and oxygen atoms in total. The van der Waals surface area contributed by atoms with Crippen molar-refractivity contribution in [3.63, 3.8) is 0 Å². The van der Waals surface area contributed by atoms with Crippen LogP contribution in [0.2, 0.25) is 0 Å². The summed E-state index contributed by atoms with van der Waals surface area (Å²) in [6.45, 7) is 8.30. The van der Waals surface area contributed by atoms with E-state index in [4.69, 9.17) is 0 Å². The normalized spacial score (nSPS) is 10.6. The van der Waals surface area contributed by atoms with Gasteiger partial charge in [0.25, 0.3) is 5.91 Å². The number of nitrogens with zero attached hydrogens (tertiary/aromatic N) is 1. The molecule has 0 aliphatic carbocycles. The smallest absolute Gasteiger partial charge is 0.267 e. The number of carbonyl (C=O) groups is 1. The van der Waals surface area contributed by atoms with Gasteiger partial charge in [0.05, 0.1) is 0 Å². The van der Waals surface area contributed by atoms with Gasteiger partial charge in [0.1, 0.15) is 0 Å². The predicted octanol–water partition coefficient (Wildman–Crippen LogP) is 3.85. The molecule has 0 saturated carbocycles. The van der Waals surface area contributed by atoms with Crippen LogP contribution in [-0.2, 0) is 0 Å². The van der Waals surface area contributed by atoms with Gasteiger partial charge in [0.15, 0.2) is 0 Å². The Balaban J connectivity index is 2.76. The first kappa shape index (κ1) is 14.9. The summed E-state index contributed by atoms with van der Waals surface area (Å²) in [5.74, 6) is 0.478. The molecule has 0 unspecified atom stereocenters. The first-order valence-corrected chi connectivity index (χ1v) is 6.84. The molecule has 0 aliphatic heterocycles. The van der Waals surface area contributed by atoms with Crippen LogP contribution in [0.4, 0.5) is 0 Å². The molecule has 0 fully saturated rings. The van der Waals surface area contributed by atoms with Crippen molar-refractivity contribution in [2.24, 2.45) is 16.9 Å². The van der Waals surface area contributed by atoms with Crippen molar-refractivity contribution in [3.8, 4) is 0 Å². The number of hydrogen-bond donors (Lipinski definition) is 1. The minimum Gasteiger partial charge on any atom is -0.267 e. The van der Waals surface area contributed by atoms with Gasteiger partial charge in [-0.15, -0.1) is 0 Å². The summed E-state index contributed by atoms with van der Waals surface area (Å²) in [5, 5.41) is 4.23. The molecule has 0 saturated heterocycles. The zero-order valence-electron chi connectivity index (χ0n) is 11.2. The van der Waals surface area contributed by atoms with Crippen molar-refractivity contribution >= 4 is 27.5 Å². The van der Waals surface area contributed by atoms with Gasteiger partial charge in [0.2, 0.25) is 0 Å². The highest BCUT2D eigenvalue weighted by atomic mass is 79.9. The van der Waals surface area contributed by atoms with Gasteiger partial charge in [-0.3, -0.25) is 4.79 Å². The highest BCUT2D eigenvalue weighted by molar-refractivity contribution is 9.10. The Morgan fingerprint density at radius 2 is 1.61 bits per heavy atom. The lowest BCUT2D eigenvalue weighted by Gasteiger charge is -2.13. The molecule has 18 heavy (non-hydrogen) atoms. The molecule has 1 aromatic carbocycles. The number of rotatable bonds is 4. The topological polar surface area (TPSA) is 41.5 Å². The fourth-order valence-electron chi connectivity index (χ4n) is 1.71. The van der Waals surface area contributed by atoms with E-state index < -0.39 is 0 Å². The SMILES string of the molecule is CC(C)C(=NNC(=O)c1ccc(Br)cc1)C(C)C. The third-order valence-corrected chi connectivity index (χ3v) is 3.10. The van der Waals surface area contributed by atoms with Crippen molar-refractivity contribution < 1.29 is 4.79 Å². The lowest BCUT2D eigenvalue weighted by Crippen LogP contribution is -2.24. The molecule has 0 heterocycles. The molecule has 98 valence electrons. The molecule has 0 atom stereocenters. The summed E-state index contributed by atoms with van der Waals surface area (Å²) < 4.78 is 0.951. The maximum Gasteiger partial charge on any atom is 0.271 e. The van der Waals surface area contributed by atoms with Crippen LogP contribution in [0.15, 0.2) is 33.8 Å². The minimum absolute atomic E-state index is 0.179. The van der Waals surface area contributed by atoms with Crippen LogP contribution in [0.3, 0.4) is 0 Å². The molecule has 0 aromatic heterocycles. The molecule has 1 amide bonds. The highest BCUT2D eigenvalue weighted by Gasteiger charge is 2.11. The average molecular weight is 311 g/mol. The molecule has 0 aliphatic rings. The average Bonchev–Trinajstić information content (AvgIpc) is 2.28. The third kappa shape index (κ3) is 4.26. The Labute approximate surface area is 117 Å². The molecule has 0 bridgehead atoms. The van der Waals surface area contributed by atoms with Gasteiger partial charge in [-0.1, -0.05) is 43.6 Å². The molecule has 1 rings (SSSR count). The van der Waals surface area contributed by atoms with Gasteiger partial charge in [-0.25, -0.2) is 5.43 Å². The molecule has 0 radical (unpaired) electrons. The fraction of sp³-hybridized carbons (Fsp3) is 0.429. The third-order valence-electron chi connectivity index (χ3n) is 2.58. The first-order chi connectivity index (χ1) is 8.41. The highest BCUT2D eigenvalue weighted by Crippen LogP contribution is 2.11. The molecular weight excluding hydrogens is 292 g/mol. The summed E-state index contributed by atoms with van der Waals surface area (Å²) in [6.07, 6.45) is 0. The second-order valence-electron chi connectivity index (χ2n) is 4.79. The number of hydrazone groups is 1. The van der Waals surface area contributed by atoms with Crippen LogP contribution in [0.5, 0.6) is 0 Å². The second kappa shape index (κ2) is 6.69. The Morgan fingerprint density at radius 3 is 2.06 bits per heavy atom. The van der Waals surface area contributed by atoms with Crippen LogP contribution >= 0.6 is 15.9 Å². The quantitative estimate of drug-likeness (QED) is 0.666. The van der Waals surface area contributed by atoms with E-state index in [1.54, 1.807) is 12.1 Å². The maximum absolute atomic E-state index is 11.9. The summed E-state index contributed by atoms with van der Waals surface area (Å²) >= 11 is 3.34. The zero-order chi connectivity index (χ0) is 13.7. The van der Waals surface area contributed by atoms with Crippen molar-refractivity contribution in [1.82, 2.24) is 5.43 Å². The van der Waals surface area contributed by atoms with E-state index >= 15 is 0 Å². The van der Waals surface area contributed by atoms with E-state index in [0.717, 1.165) is 10.2 Å². The van der Waals surface area contributed by atoms with E-state index in [9.17, 15) is 4.79 Å². The van der Waals surface area contributed by atoms with E-state index in [1.807, 2.05) is 12.1 Å². The number of carbonyl (C=O) groups excluding carboxylic acids is 1. The molecule has 0 spiro atoms. The fourth-order valence-corrected chi connectivity index (χ4v) is 1.97. The minimum atomic E-state index is -0.179. The second-order valence-corrected chi connectivity index (χ2v) is 5.71. The van der Waals surface area contributed by atoms with Gasteiger partial charge in [-0.2, -0.15) is 5.10 Å². The van der Waals surface area contributed by atoms with Gasteiger partial charge in [-0.05, 0) is 36.1 Å². The van der Waals surface area contributed by atoms with Crippen LogP contribution in [0.1, 0.15) is 38.1 Å². The van der Waals surface area contributed by atoms with Crippen LogP contribution in [0.25, 0.3) is 0 Å². The van der Waals surface area contributed by atoms with Gasteiger partial charge >= 0.3 is 0 Å². The van der Waals surface area contributed by atoms with Gasteiger partial charge in [0, 0.05) is 15.7 Å². The van der Waals surface area contributed by atoms with E-state index in [-0.39, 0.29) is 5.91 Å². The Hall–Kier alpha value is -1.16. The Morgan fingerprint density at radius 1 is 1.11 bits per heavy atom. The Kier molecular flexibility index (Phi) is 5.54. The van der Waals surface area contributed by atoms with Crippen LogP contribution in [0, 0.1) is 11.8 Å². The monoisotopic (exact) mass is 310 g/mol. The predicted molar refractivity (Wildman–Crippen MR) is 78.7 cm³/mol. The lowest BCUT2D eigenvalue weighted by molar-refractivity contribution is 0.0954. The van der Waals surface area contributed by atoms with Crippen molar-refractivity contribution in [2.45, 2.75) is 27.7 Å². The molecule has 4 heteroatoms. The van der Waals surface area contributed by atoms with Crippen LogP contribution < -0.4 is 5.43 Å². The number of halogens is 1. The van der Waals surface area contributed by atoms with E-state index in [0.29, 0.717) is 17.4 Å². The van der Waals surface area contributed by atoms with Gasteiger partial charge < -0.3 is 0 Å². The van der Waals surface area contributed by atoms with E-state index in [1.165, 1.54) is 0 Å². The number of benzene rings is 1.